The number of ether oxygens (including phenoxy) is 2. The van der Waals surface area contributed by atoms with E-state index in [1.165, 1.54) is 11.3 Å². The highest BCUT2D eigenvalue weighted by molar-refractivity contribution is 7.21. The molecule has 1 saturated heterocycles. The largest absolute Gasteiger partial charge is 0.491 e. The summed E-state index contributed by atoms with van der Waals surface area (Å²) in [5.74, 6) is 0.691. The van der Waals surface area contributed by atoms with Gasteiger partial charge in [-0.2, -0.15) is 0 Å². The number of aryl methyl sites for hydroxylation is 1. The number of hydrogen-bond donors (Lipinski definition) is 3. The molecule has 2 aliphatic rings. The van der Waals surface area contributed by atoms with Gasteiger partial charge >= 0.3 is 0 Å². The number of amides is 1. The van der Waals surface area contributed by atoms with E-state index in [4.69, 9.17) is 15.2 Å². The highest BCUT2D eigenvalue weighted by Gasteiger charge is 2.38. The fourth-order valence-corrected chi connectivity index (χ4v) is 5.45. The number of benzene rings is 1. The van der Waals surface area contributed by atoms with Crippen LogP contribution in [-0.4, -0.2) is 62.9 Å². The van der Waals surface area contributed by atoms with E-state index >= 15 is 0 Å². The van der Waals surface area contributed by atoms with Gasteiger partial charge in [-0.25, -0.2) is 4.98 Å². The Kier molecular flexibility index (Phi) is 5.64. The van der Waals surface area contributed by atoms with Crippen LogP contribution in [-0.2, 0) is 11.2 Å². The molecule has 174 valence electrons. The molecule has 0 aliphatic carbocycles. The molecule has 1 amide bonds. The number of hydrogen-bond acceptors (Lipinski definition) is 8. The first kappa shape index (κ1) is 21.9. The van der Waals surface area contributed by atoms with Gasteiger partial charge in [0.2, 0.25) is 0 Å². The molecule has 4 heterocycles. The topological polar surface area (TPSA) is 102 Å². The summed E-state index contributed by atoms with van der Waals surface area (Å²) in [5.41, 5.74) is 9.82. The molecule has 0 radical (unpaired) electrons. The van der Waals surface area contributed by atoms with Crippen molar-refractivity contribution in [2.45, 2.75) is 24.9 Å². The Morgan fingerprint density at radius 2 is 2.15 bits per heavy atom. The van der Waals surface area contributed by atoms with Gasteiger partial charge in [-0.3, -0.25) is 4.79 Å². The summed E-state index contributed by atoms with van der Waals surface area (Å²) < 4.78 is 11.4. The number of nitrogens with two attached hydrogens (primary N) is 1. The van der Waals surface area contributed by atoms with Crippen LogP contribution < -0.4 is 26.0 Å². The maximum Gasteiger partial charge on any atom is 0.263 e. The number of nitrogens with zero attached hydrogens (tertiary/aromatic N) is 2. The van der Waals surface area contributed by atoms with Crippen molar-refractivity contribution < 1.29 is 14.3 Å². The quantitative estimate of drug-likeness (QED) is 0.511. The van der Waals surface area contributed by atoms with Crippen LogP contribution in [0.3, 0.4) is 0 Å². The van der Waals surface area contributed by atoms with Crippen molar-refractivity contribution >= 4 is 38.8 Å². The van der Waals surface area contributed by atoms with Crippen molar-refractivity contribution in [3.05, 3.63) is 46.5 Å². The van der Waals surface area contributed by atoms with Gasteiger partial charge in [-0.15, -0.1) is 11.3 Å². The highest BCUT2D eigenvalue weighted by atomic mass is 32.1. The standard InChI is InChI=1S/C24H29N5O3S/c1-14-4-7-18-20(25)21(33-23(18)27-14)22(30)28-16-8-15-5-6-17(9-19(15)32-10-16)29(3)11-24(26-2)12-31-13-24/h4-7,9,16,26H,8,10-13,25H2,1-3H3,(H,28,30). The van der Waals surface area contributed by atoms with Crippen LogP contribution in [0.2, 0.25) is 0 Å². The van der Waals surface area contributed by atoms with E-state index in [1.807, 2.05) is 26.1 Å². The summed E-state index contributed by atoms with van der Waals surface area (Å²) >= 11 is 1.33. The Morgan fingerprint density at radius 3 is 2.88 bits per heavy atom. The molecule has 0 saturated carbocycles. The monoisotopic (exact) mass is 467 g/mol. The first-order valence-electron chi connectivity index (χ1n) is 11.1. The molecule has 1 atom stereocenters. The Bertz CT molecular complexity index is 1200. The lowest BCUT2D eigenvalue weighted by Gasteiger charge is -2.44. The fraction of sp³-hybridized carbons (Fsp3) is 0.417. The molecular weight excluding hydrogens is 438 g/mol. The number of nitrogens with one attached hydrogen (secondary N) is 2. The second-order valence-corrected chi connectivity index (χ2v) is 10.0. The zero-order valence-electron chi connectivity index (χ0n) is 19.1. The second-order valence-electron chi connectivity index (χ2n) is 9.01. The van der Waals surface area contributed by atoms with Crippen molar-refractivity contribution in [2.24, 2.45) is 0 Å². The van der Waals surface area contributed by atoms with Crippen molar-refractivity contribution in [3.63, 3.8) is 0 Å². The molecule has 9 heteroatoms. The third-order valence-corrected chi connectivity index (χ3v) is 7.61. The molecule has 0 spiro atoms. The van der Waals surface area contributed by atoms with Gasteiger partial charge in [0, 0.05) is 36.4 Å². The molecule has 5 rings (SSSR count). The van der Waals surface area contributed by atoms with Crippen molar-refractivity contribution in [3.8, 4) is 5.75 Å². The van der Waals surface area contributed by atoms with Gasteiger partial charge < -0.3 is 30.7 Å². The molecular formula is C24H29N5O3S. The van der Waals surface area contributed by atoms with E-state index in [0.29, 0.717) is 23.6 Å². The normalized spacial score (nSPS) is 18.8. The van der Waals surface area contributed by atoms with Gasteiger partial charge in [-0.05, 0) is 44.2 Å². The summed E-state index contributed by atoms with van der Waals surface area (Å²) in [6.45, 7) is 4.64. The van der Waals surface area contributed by atoms with E-state index < -0.39 is 0 Å². The van der Waals surface area contributed by atoms with Gasteiger partial charge in [0.15, 0.2) is 0 Å². The Morgan fingerprint density at radius 1 is 1.33 bits per heavy atom. The van der Waals surface area contributed by atoms with Crippen LogP contribution >= 0.6 is 11.3 Å². The lowest BCUT2D eigenvalue weighted by molar-refractivity contribution is -0.0656. The summed E-state index contributed by atoms with van der Waals surface area (Å²) in [6, 6.07) is 9.98. The SMILES string of the molecule is CNC1(CN(C)c2ccc3c(c2)OCC(NC(=O)c2sc4nc(C)ccc4c2N)C3)COC1. The highest BCUT2D eigenvalue weighted by Crippen LogP contribution is 2.34. The lowest BCUT2D eigenvalue weighted by Crippen LogP contribution is -2.64. The smallest absolute Gasteiger partial charge is 0.263 e. The number of carbonyl (C=O) groups excluding carboxylic acids is 1. The second kappa shape index (κ2) is 8.48. The number of thiophene rings is 1. The molecule has 1 fully saturated rings. The Balaban J connectivity index is 1.26. The maximum absolute atomic E-state index is 13.0. The lowest BCUT2D eigenvalue weighted by atomic mass is 9.96. The maximum atomic E-state index is 13.0. The van der Waals surface area contributed by atoms with Crippen LogP contribution in [0.5, 0.6) is 5.75 Å². The van der Waals surface area contributed by atoms with E-state index in [0.717, 1.165) is 52.7 Å². The van der Waals surface area contributed by atoms with E-state index in [-0.39, 0.29) is 17.5 Å². The minimum Gasteiger partial charge on any atom is -0.491 e. The Hall–Kier alpha value is -2.88. The van der Waals surface area contributed by atoms with Crippen molar-refractivity contribution in [1.29, 1.82) is 0 Å². The van der Waals surface area contributed by atoms with Crippen LogP contribution in [0.4, 0.5) is 11.4 Å². The number of carbonyl (C=O) groups is 1. The average molecular weight is 468 g/mol. The first-order valence-corrected chi connectivity index (χ1v) is 11.9. The average Bonchev–Trinajstić information content (AvgIpc) is 3.11. The number of pyridine rings is 1. The zero-order chi connectivity index (χ0) is 23.2. The molecule has 4 N–H and O–H groups in total. The third-order valence-electron chi connectivity index (χ3n) is 6.50. The molecule has 0 bridgehead atoms. The molecule has 2 aromatic heterocycles. The number of likely N-dealkylation sites (N-methyl/N-ethyl adjacent to an activating group) is 2. The fourth-order valence-electron chi connectivity index (χ4n) is 4.41. The van der Waals surface area contributed by atoms with E-state index in [9.17, 15) is 4.79 Å². The minimum atomic E-state index is -0.179. The molecule has 2 aliphatic heterocycles. The van der Waals surface area contributed by atoms with Crippen molar-refractivity contribution in [1.82, 2.24) is 15.6 Å². The number of rotatable bonds is 6. The predicted molar refractivity (Wildman–Crippen MR) is 132 cm³/mol. The number of aromatic nitrogens is 1. The van der Waals surface area contributed by atoms with Crippen molar-refractivity contribution in [2.75, 3.05) is 51.1 Å². The first-order chi connectivity index (χ1) is 15.9. The number of anilines is 2. The summed E-state index contributed by atoms with van der Waals surface area (Å²) in [6.07, 6.45) is 0.710. The zero-order valence-corrected chi connectivity index (χ0v) is 19.9. The summed E-state index contributed by atoms with van der Waals surface area (Å²) in [4.78, 5) is 21.0. The van der Waals surface area contributed by atoms with Gasteiger partial charge in [-0.1, -0.05) is 6.07 Å². The van der Waals surface area contributed by atoms with Crippen LogP contribution in [0.15, 0.2) is 30.3 Å². The van der Waals surface area contributed by atoms with Crippen LogP contribution in [0.1, 0.15) is 20.9 Å². The molecule has 1 aromatic carbocycles. The predicted octanol–water partition coefficient (Wildman–Crippen LogP) is 2.35. The van der Waals surface area contributed by atoms with Gasteiger partial charge in [0.1, 0.15) is 22.1 Å². The molecule has 8 nitrogen and oxygen atoms in total. The van der Waals surface area contributed by atoms with Gasteiger partial charge in [0.05, 0.1) is 30.5 Å². The van der Waals surface area contributed by atoms with E-state index in [1.54, 1.807) is 0 Å². The number of fused-ring (bicyclic) bond motifs is 2. The van der Waals surface area contributed by atoms with Crippen LogP contribution in [0, 0.1) is 6.92 Å². The van der Waals surface area contributed by atoms with Crippen LogP contribution in [0.25, 0.3) is 10.2 Å². The number of nitrogen functional groups attached to an aromatic ring is 1. The summed E-state index contributed by atoms with van der Waals surface area (Å²) in [7, 11) is 4.06. The minimum absolute atomic E-state index is 0.00352. The summed E-state index contributed by atoms with van der Waals surface area (Å²) in [5, 5.41) is 7.30. The molecule has 1 unspecified atom stereocenters. The van der Waals surface area contributed by atoms with Gasteiger partial charge in [0.25, 0.3) is 5.91 Å². The molecule has 3 aromatic rings. The Labute approximate surface area is 197 Å². The van der Waals surface area contributed by atoms with E-state index in [2.05, 4.69) is 45.8 Å². The molecule has 33 heavy (non-hydrogen) atoms. The third kappa shape index (κ3) is 4.12.